The molecule has 0 unspecified atom stereocenters. The Hall–Kier alpha value is -3.40. The standard InChI is InChI=1S/C24H23F2N3O4S/c25-16-8-7-15(11-17(16)26)28-20(30)13-27-21(31)14-33-23(32)24(9-3-4-10-24)12-22-29-18-5-1-2-6-19(18)34-22/h1-2,5-8,11H,3-4,9-10,12-14H2,(H,27,31)(H,28,30). The molecule has 1 aromatic heterocycles. The lowest BCUT2D eigenvalue weighted by molar-refractivity contribution is -0.158. The van der Waals surface area contributed by atoms with Gasteiger partial charge in [0.05, 0.1) is 27.2 Å². The second-order valence-electron chi connectivity index (χ2n) is 8.27. The summed E-state index contributed by atoms with van der Waals surface area (Å²) in [7, 11) is 0. The van der Waals surface area contributed by atoms with Crippen molar-refractivity contribution < 1.29 is 27.9 Å². The third-order valence-electron chi connectivity index (χ3n) is 5.81. The number of anilines is 1. The highest BCUT2D eigenvalue weighted by molar-refractivity contribution is 7.18. The number of ether oxygens (including phenoxy) is 1. The molecule has 0 saturated heterocycles. The number of carbonyl (C=O) groups excluding carboxylic acids is 3. The number of aromatic nitrogens is 1. The van der Waals surface area contributed by atoms with Crippen LogP contribution < -0.4 is 10.6 Å². The highest BCUT2D eigenvalue weighted by atomic mass is 32.1. The molecule has 0 radical (unpaired) electrons. The lowest BCUT2D eigenvalue weighted by Crippen LogP contribution is -2.38. The fraction of sp³-hybridized carbons (Fsp3) is 0.333. The Labute approximate surface area is 198 Å². The van der Waals surface area contributed by atoms with Crippen LogP contribution >= 0.6 is 11.3 Å². The molecule has 0 bridgehead atoms. The molecule has 2 aromatic carbocycles. The van der Waals surface area contributed by atoms with Crippen LogP contribution in [-0.2, 0) is 25.5 Å². The second-order valence-corrected chi connectivity index (χ2v) is 9.38. The zero-order valence-corrected chi connectivity index (χ0v) is 19.1. The van der Waals surface area contributed by atoms with Gasteiger partial charge >= 0.3 is 5.97 Å². The average molecular weight is 488 g/mol. The molecule has 0 atom stereocenters. The van der Waals surface area contributed by atoms with Crippen LogP contribution in [0, 0.1) is 17.0 Å². The number of nitrogens with zero attached hydrogens (tertiary/aromatic N) is 1. The summed E-state index contributed by atoms with van der Waals surface area (Å²) < 4.78 is 32.6. The van der Waals surface area contributed by atoms with E-state index in [1.807, 2.05) is 24.3 Å². The van der Waals surface area contributed by atoms with Crippen LogP contribution in [0.5, 0.6) is 0 Å². The number of esters is 1. The lowest BCUT2D eigenvalue weighted by atomic mass is 9.83. The maximum absolute atomic E-state index is 13.2. The molecule has 0 spiro atoms. The Bertz CT molecular complexity index is 1190. The largest absolute Gasteiger partial charge is 0.455 e. The first-order chi connectivity index (χ1) is 16.3. The van der Waals surface area contributed by atoms with Gasteiger partial charge in [-0.2, -0.15) is 0 Å². The molecule has 1 heterocycles. The highest BCUT2D eigenvalue weighted by Gasteiger charge is 2.43. The number of amides is 2. The molecule has 2 amide bonds. The fourth-order valence-electron chi connectivity index (χ4n) is 4.08. The van der Waals surface area contributed by atoms with E-state index in [1.165, 1.54) is 6.07 Å². The number of hydrogen-bond donors (Lipinski definition) is 2. The molecule has 10 heteroatoms. The predicted molar refractivity (Wildman–Crippen MR) is 123 cm³/mol. The Balaban J connectivity index is 1.28. The number of halogens is 2. The SMILES string of the molecule is O=C(COC(=O)C1(Cc2nc3ccccc3s2)CCCC1)NCC(=O)Nc1ccc(F)c(F)c1. The van der Waals surface area contributed by atoms with Gasteiger partial charge in [-0.1, -0.05) is 25.0 Å². The molecule has 178 valence electrons. The summed E-state index contributed by atoms with van der Waals surface area (Å²) in [6.45, 7) is -0.925. The molecule has 1 fully saturated rings. The molecular formula is C24H23F2N3O4S. The van der Waals surface area contributed by atoms with Gasteiger partial charge < -0.3 is 15.4 Å². The Morgan fingerprint density at radius 1 is 1.03 bits per heavy atom. The molecule has 1 saturated carbocycles. The van der Waals surface area contributed by atoms with Gasteiger partial charge in [0.2, 0.25) is 5.91 Å². The van der Waals surface area contributed by atoms with Gasteiger partial charge in [0.25, 0.3) is 5.91 Å². The maximum Gasteiger partial charge on any atom is 0.313 e. The van der Waals surface area contributed by atoms with Crippen LogP contribution in [0.1, 0.15) is 30.7 Å². The number of rotatable bonds is 8. The topological polar surface area (TPSA) is 97.4 Å². The van der Waals surface area contributed by atoms with Crippen molar-refractivity contribution in [3.05, 3.63) is 59.1 Å². The van der Waals surface area contributed by atoms with Crippen molar-refractivity contribution in [1.82, 2.24) is 10.3 Å². The molecular weight excluding hydrogens is 464 g/mol. The van der Waals surface area contributed by atoms with Gasteiger partial charge in [-0.25, -0.2) is 13.8 Å². The van der Waals surface area contributed by atoms with E-state index in [0.29, 0.717) is 19.3 Å². The van der Waals surface area contributed by atoms with Crippen LogP contribution in [0.2, 0.25) is 0 Å². The molecule has 7 nitrogen and oxygen atoms in total. The summed E-state index contributed by atoms with van der Waals surface area (Å²) in [6.07, 6.45) is 3.59. The van der Waals surface area contributed by atoms with Crippen LogP contribution in [0.25, 0.3) is 10.2 Å². The summed E-state index contributed by atoms with van der Waals surface area (Å²) in [5.74, 6) is -3.84. The summed E-state index contributed by atoms with van der Waals surface area (Å²) in [6, 6.07) is 10.7. The average Bonchev–Trinajstić information content (AvgIpc) is 3.46. The van der Waals surface area contributed by atoms with Gasteiger partial charge in [0, 0.05) is 18.2 Å². The van der Waals surface area contributed by atoms with Crippen molar-refractivity contribution in [2.45, 2.75) is 32.1 Å². The molecule has 4 rings (SSSR count). The van der Waals surface area contributed by atoms with Crippen molar-refractivity contribution >= 4 is 45.0 Å². The lowest BCUT2D eigenvalue weighted by Gasteiger charge is -2.25. The number of nitrogens with one attached hydrogen (secondary N) is 2. The normalized spacial score (nSPS) is 14.6. The van der Waals surface area contributed by atoms with Gasteiger partial charge in [-0.15, -0.1) is 11.3 Å². The van der Waals surface area contributed by atoms with Crippen LogP contribution in [-0.4, -0.2) is 35.9 Å². The van der Waals surface area contributed by atoms with Crippen LogP contribution in [0.4, 0.5) is 14.5 Å². The minimum absolute atomic E-state index is 0.0580. The number of hydrogen-bond acceptors (Lipinski definition) is 6. The van der Waals surface area contributed by atoms with Crippen molar-refractivity contribution in [1.29, 1.82) is 0 Å². The molecule has 3 aromatic rings. The molecule has 1 aliphatic rings. The molecule has 34 heavy (non-hydrogen) atoms. The third kappa shape index (κ3) is 5.56. The quantitative estimate of drug-likeness (QED) is 0.469. The second kappa shape index (κ2) is 10.3. The Morgan fingerprint density at radius 2 is 1.79 bits per heavy atom. The smallest absolute Gasteiger partial charge is 0.313 e. The Kier molecular flexibility index (Phi) is 7.16. The summed E-state index contributed by atoms with van der Waals surface area (Å²) >= 11 is 1.55. The van der Waals surface area contributed by atoms with E-state index in [1.54, 1.807) is 11.3 Å². The van der Waals surface area contributed by atoms with Crippen molar-refractivity contribution in [2.24, 2.45) is 5.41 Å². The first-order valence-corrected chi connectivity index (χ1v) is 11.7. The van der Waals surface area contributed by atoms with E-state index >= 15 is 0 Å². The van der Waals surface area contributed by atoms with Crippen molar-refractivity contribution in [3.63, 3.8) is 0 Å². The van der Waals surface area contributed by atoms with E-state index in [4.69, 9.17) is 4.74 Å². The minimum atomic E-state index is -1.10. The zero-order chi connectivity index (χ0) is 24.1. The molecule has 2 N–H and O–H groups in total. The number of fused-ring (bicyclic) bond motifs is 1. The summed E-state index contributed by atoms with van der Waals surface area (Å²) in [5.41, 5.74) is 0.241. The zero-order valence-electron chi connectivity index (χ0n) is 18.2. The number of benzene rings is 2. The maximum atomic E-state index is 13.2. The van der Waals surface area contributed by atoms with Crippen molar-refractivity contribution in [2.75, 3.05) is 18.5 Å². The van der Waals surface area contributed by atoms with Gasteiger partial charge in [-0.3, -0.25) is 14.4 Å². The summed E-state index contributed by atoms with van der Waals surface area (Å²) in [4.78, 5) is 41.6. The number of thiazole rings is 1. The Morgan fingerprint density at radius 3 is 2.53 bits per heavy atom. The first-order valence-electron chi connectivity index (χ1n) is 10.9. The predicted octanol–water partition coefficient (Wildman–Crippen LogP) is 3.98. The van der Waals surface area contributed by atoms with Gasteiger partial charge in [0.15, 0.2) is 18.2 Å². The van der Waals surface area contributed by atoms with E-state index in [0.717, 1.165) is 40.2 Å². The van der Waals surface area contributed by atoms with Gasteiger partial charge in [-0.05, 0) is 37.1 Å². The monoisotopic (exact) mass is 487 g/mol. The first kappa shape index (κ1) is 23.7. The van der Waals surface area contributed by atoms with Crippen LogP contribution in [0.15, 0.2) is 42.5 Å². The highest BCUT2D eigenvalue weighted by Crippen LogP contribution is 2.43. The van der Waals surface area contributed by atoms with E-state index < -0.39 is 48.0 Å². The van der Waals surface area contributed by atoms with E-state index in [2.05, 4.69) is 15.6 Å². The number of para-hydroxylation sites is 1. The third-order valence-corrected chi connectivity index (χ3v) is 6.84. The van der Waals surface area contributed by atoms with Crippen LogP contribution in [0.3, 0.4) is 0 Å². The summed E-state index contributed by atoms with van der Waals surface area (Å²) in [5, 5.41) is 5.55. The minimum Gasteiger partial charge on any atom is -0.455 e. The van der Waals surface area contributed by atoms with E-state index in [9.17, 15) is 23.2 Å². The van der Waals surface area contributed by atoms with Crippen molar-refractivity contribution in [3.8, 4) is 0 Å². The van der Waals surface area contributed by atoms with E-state index in [-0.39, 0.29) is 5.69 Å². The molecule has 1 aliphatic carbocycles. The van der Waals surface area contributed by atoms with Gasteiger partial charge in [0.1, 0.15) is 0 Å². The molecule has 0 aliphatic heterocycles. The fourth-order valence-corrected chi connectivity index (χ4v) is 5.19. The number of carbonyl (C=O) groups is 3.